The number of benzene rings is 3. The molecule has 1 saturated heterocycles. The molecule has 5 rings (SSSR count). The van der Waals surface area contributed by atoms with Crippen molar-refractivity contribution >= 4 is 46.5 Å². The highest BCUT2D eigenvalue weighted by molar-refractivity contribution is 8.18. The van der Waals surface area contributed by atoms with Gasteiger partial charge in [-0.15, -0.1) is 0 Å². The lowest BCUT2D eigenvalue weighted by atomic mass is 10.00. The number of carbonyl (C=O) groups is 3. The molecule has 0 saturated carbocycles. The Kier molecular flexibility index (Phi) is 8.42. The molecule has 2 aliphatic rings. The highest BCUT2D eigenvalue weighted by Gasteiger charge is 2.37. The van der Waals surface area contributed by atoms with Crippen LogP contribution in [0.25, 0.3) is 6.08 Å². The predicted octanol–water partition coefficient (Wildman–Crippen LogP) is 6.08. The van der Waals surface area contributed by atoms with Crippen molar-refractivity contribution in [2.75, 3.05) is 19.7 Å². The summed E-state index contributed by atoms with van der Waals surface area (Å²) in [5, 5.41) is -0.309. The molecule has 2 heterocycles. The van der Waals surface area contributed by atoms with Crippen LogP contribution < -0.4 is 9.47 Å². The molecule has 0 bridgehead atoms. The van der Waals surface area contributed by atoms with Gasteiger partial charge in [0.1, 0.15) is 19.0 Å². The van der Waals surface area contributed by atoms with Crippen LogP contribution in [0.3, 0.4) is 0 Å². The Bertz CT molecular complexity index is 1510. The van der Waals surface area contributed by atoms with Crippen LogP contribution in [-0.4, -0.2) is 46.5 Å². The highest BCUT2D eigenvalue weighted by atomic mass is 35.5. The fourth-order valence-electron chi connectivity index (χ4n) is 4.57. The van der Waals surface area contributed by atoms with E-state index in [1.165, 1.54) is 17.7 Å². The minimum absolute atomic E-state index is 0.0542. The second-order valence-corrected chi connectivity index (χ2v) is 10.6. The first-order valence-corrected chi connectivity index (χ1v) is 14.0. The van der Waals surface area contributed by atoms with Gasteiger partial charge >= 0.3 is 0 Å². The van der Waals surface area contributed by atoms with Crippen molar-refractivity contribution < 1.29 is 28.2 Å². The first-order chi connectivity index (χ1) is 19.3. The average Bonchev–Trinajstić information content (AvgIpc) is 3.20. The maximum atomic E-state index is 14.0. The molecule has 0 N–H and O–H groups in total. The second kappa shape index (κ2) is 12.1. The molecule has 1 fully saturated rings. The van der Waals surface area contributed by atoms with E-state index in [4.69, 9.17) is 21.1 Å². The number of amides is 3. The summed E-state index contributed by atoms with van der Waals surface area (Å²) in [6.07, 6.45) is 2.26. The normalized spacial score (nSPS) is 15.9. The van der Waals surface area contributed by atoms with Crippen LogP contribution in [0.1, 0.15) is 29.2 Å². The van der Waals surface area contributed by atoms with E-state index in [9.17, 15) is 18.8 Å². The van der Waals surface area contributed by atoms with Gasteiger partial charge in [-0.25, -0.2) is 4.39 Å². The third-order valence-electron chi connectivity index (χ3n) is 6.61. The highest BCUT2D eigenvalue weighted by Crippen LogP contribution is 2.39. The molecule has 0 unspecified atom stereocenters. The second-order valence-electron chi connectivity index (χ2n) is 9.24. The number of halogens is 2. The molecule has 0 atom stereocenters. The summed E-state index contributed by atoms with van der Waals surface area (Å²) in [5.74, 6) is -0.665. The summed E-state index contributed by atoms with van der Waals surface area (Å²) in [6.45, 7) is 2.72. The van der Waals surface area contributed by atoms with Crippen LogP contribution >= 0.6 is 23.4 Å². The van der Waals surface area contributed by atoms with Crippen LogP contribution in [0.5, 0.6) is 11.5 Å². The number of imide groups is 1. The van der Waals surface area contributed by atoms with Crippen molar-refractivity contribution in [3.05, 3.63) is 98.7 Å². The van der Waals surface area contributed by atoms with Gasteiger partial charge in [-0.2, -0.15) is 0 Å². The summed E-state index contributed by atoms with van der Waals surface area (Å²) in [5.41, 5.74) is 3.15. The van der Waals surface area contributed by atoms with Crippen LogP contribution in [-0.2, 0) is 29.2 Å². The van der Waals surface area contributed by atoms with Crippen molar-refractivity contribution in [2.24, 2.45) is 0 Å². The fourth-order valence-corrected chi connectivity index (χ4v) is 5.68. The Morgan fingerprint density at radius 3 is 2.60 bits per heavy atom. The first-order valence-electron chi connectivity index (χ1n) is 12.8. The van der Waals surface area contributed by atoms with Crippen molar-refractivity contribution in [3.63, 3.8) is 0 Å². The molecule has 0 aromatic heterocycles. The number of thioether (sulfide) groups is 1. The van der Waals surface area contributed by atoms with Crippen LogP contribution in [0.15, 0.2) is 65.6 Å². The van der Waals surface area contributed by atoms with E-state index in [1.54, 1.807) is 42.2 Å². The first kappa shape index (κ1) is 27.7. The monoisotopic (exact) mass is 580 g/mol. The fraction of sp³-hybridized carbons (Fsp3) is 0.233. The number of ether oxygens (including phenoxy) is 2. The van der Waals surface area contributed by atoms with Crippen LogP contribution in [0, 0.1) is 5.82 Å². The average molecular weight is 581 g/mol. The number of fused-ring (bicyclic) bond motifs is 1. The Morgan fingerprint density at radius 1 is 1.07 bits per heavy atom. The van der Waals surface area contributed by atoms with E-state index in [-0.39, 0.29) is 34.7 Å². The van der Waals surface area contributed by atoms with Gasteiger partial charge in [-0.3, -0.25) is 19.3 Å². The molecule has 0 spiro atoms. The Hall–Kier alpha value is -3.82. The van der Waals surface area contributed by atoms with Gasteiger partial charge in [0.05, 0.1) is 16.5 Å². The molecule has 2 aliphatic heterocycles. The molecule has 3 amide bonds. The summed E-state index contributed by atoms with van der Waals surface area (Å²) >= 11 is 7.26. The Labute approximate surface area is 240 Å². The van der Waals surface area contributed by atoms with Gasteiger partial charge in [0.25, 0.3) is 11.1 Å². The van der Waals surface area contributed by atoms with Gasteiger partial charge in [-0.05, 0) is 66.1 Å². The third kappa shape index (κ3) is 6.00. The number of rotatable bonds is 8. The summed E-state index contributed by atoms with van der Waals surface area (Å²) < 4.78 is 25.5. The molecule has 3 aromatic carbocycles. The number of carbonyl (C=O) groups excluding carboxylic acids is 3. The predicted molar refractivity (Wildman–Crippen MR) is 152 cm³/mol. The summed E-state index contributed by atoms with van der Waals surface area (Å²) in [4.78, 5) is 41.6. The number of hydrogen-bond donors (Lipinski definition) is 0. The molecule has 40 heavy (non-hydrogen) atoms. The van der Waals surface area contributed by atoms with Gasteiger partial charge in [0, 0.05) is 18.7 Å². The quantitative estimate of drug-likeness (QED) is 0.301. The molecule has 0 aliphatic carbocycles. The Morgan fingerprint density at radius 2 is 1.82 bits per heavy atom. The topological polar surface area (TPSA) is 76.2 Å². The van der Waals surface area contributed by atoms with Crippen molar-refractivity contribution in [1.82, 2.24) is 9.80 Å². The molecule has 3 aromatic rings. The van der Waals surface area contributed by atoms with Gasteiger partial charge < -0.3 is 14.4 Å². The van der Waals surface area contributed by atoms with Crippen molar-refractivity contribution in [3.8, 4) is 11.5 Å². The lowest BCUT2D eigenvalue weighted by molar-refractivity contribution is -0.136. The minimum atomic E-state index is -0.547. The summed E-state index contributed by atoms with van der Waals surface area (Å²) in [6, 6.07) is 17.4. The van der Waals surface area contributed by atoms with E-state index in [1.807, 2.05) is 24.3 Å². The largest absolute Gasteiger partial charge is 0.490 e. The zero-order valence-electron chi connectivity index (χ0n) is 21.7. The lowest BCUT2D eigenvalue weighted by Crippen LogP contribution is -2.44. The van der Waals surface area contributed by atoms with Crippen LogP contribution in [0.2, 0.25) is 5.02 Å². The SMILES string of the molecule is CCOc1cc(/C=C2\SC(=O)N(CC(=O)N3CCc4ccccc4C3)C2=O)cc(Cl)c1OCc1ccccc1F. The Balaban J connectivity index is 1.30. The van der Waals surface area contributed by atoms with E-state index in [2.05, 4.69) is 0 Å². The summed E-state index contributed by atoms with van der Waals surface area (Å²) in [7, 11) is 0. The maximum Gasteiger partial charge on any atom is 0.294 e. The van der Waals surface area contributed by atoms with E-state index in [0.29, 0.717) is 36.6 Å². The molecular formula is C30H26ClFN2O5S. The van der Waals surface area contributed by atoms with Crippen LogP contribution in [0.4, 0.5) is 9.18 Å². The molecule has 206 valence electrons. The molecule has 0 radical (unpaired) electrons. The number of nitrogens with zero attached hydrogens (tertiary/aromatic N) is 2. The zero-order chi connectivity index (χ0) is 28.2. The molecule has 10 heteroatoms. The maximum absolute atomic E-state index is 14.0. The van der Waals surface area contributed by atoms with E-state index < -0.39 is 17.0 Å². The van der Waals surface area contributed by atoms with Crippen molar-refractivity contribution in [2.45, 2.75) is 26.5 Å². The zero-order valence-corrected chi connectivity index (χ0v) is 23.3. The lowest BCUT2D eigenvalue weighted by Gasteiger charge is -2.29. The molecular weight excluding hydrogens is 555 g/mol. The minimum Gasteiger partial charge on any atom is -0.490 e. The van der Waals surface area contributed by atoms with Gasteiger partial charge in [0.2, 0.25) is 5.91 Å². The van der Waals surface area contributed by atoms with Crippen molar-refractivity contribution in [1.29, 1.82) is 0 Å². The van der Waals surface area contributed by atoms with Gasteiger partial charge in [0.15, 0.2) is 11.5 Å². The third-order valence-corrected chi connectivity index (χ3v) is 7.80. The standard InChI is InChI=1S/C30H26ClFN2O5S/c1-2-38-25-14-19(13-23(31)28(25)39-18-22-9-5-6-10-24(22)32)15-26-29(36)34(30(37)40-26)17-27(35)33-12-11-20-7-3-4-8-21(20)16-33/h3-10,13-15H,2,11-12,16-18H2,1H3/b26-15-. The smallest absolute Gasteiger partial charge is 0.294 e. The molecule has 7 nitrogen and oxygen atoms in total. The van der Waals surface area contributed by atoms with Gasteiger partial charge in [-0.1, -0.05) is 54.1 Å². The van der Waals surface area contributed by atoms with E-state index >= 15 is 0 Å². The van der Waals surface area contributed by atoms with E-state index in [0.717, 1.165) is 28.6 Å². The number of hydrogen-bond acceptors (Lipinski definition) is 6.